The molecule has 0 unspecified atom stereocenters. The van der Waals surface area contributed by atoms with Gasteiger partial charge in [-0.15, -0.1) is 0 Å². The number of hydrogen-bond donors (Lipinski definition) is 1. The van der Waals surface area contributed by atoms with Crippen molar-refractivity contribution < 1.29 is 19.3 Å². The van der Waals surface area contributed by atoms with Gasteiger partial charge in [0.2, 0.25) is 0 Å². The molecular formula is C12H22O4. The van der Waals surface area contributed by atoms with Crippen LogP contribution in [0.4, 0.5) is 0 Å². The van der Waals surface area contributed by atoms with E-state index in [0.717, 1.165) is 38.9 Å². The summed E-state index contributed by atoms with van der Waals surface area (Å²) >= 11 is 0. The minimum atomic E-state index is -0.119. The number of aliphatic hydroxyl groups excluding tert-OH is 1. The molecule has 1 N–H and O–H groups in total. The molecule has 94 valence electrons. The lowest BCUT2D eigenvalue weighted by molar-refractivity contribution is -0.175. The van der Waals surface area contributed by atoms with Gasteiger partial charge < -0.3 is 19.3 Å². The summed E-state index contributed by atoms with van der Waals surface area (Å²) in [6.45, 7) is 4.83. The van der Waals surface area contributed by atoms with Crippen molar-refractivity contribution in [2.24, 2.45) is 5.41 Å². The summed E-state index contributed by atoms with van der Waals surface area (Å²) in [4.78, 5) is 0. The summed E-state index contributed by atoms with van der Waals surface area (Å²) in [5.74, 6) is 0. The van der Waals surface area contributed by atoms with Crippen LogP contribution in [-0.4, -0.2) is 43.9 Å². The average molecular weight is 230 g/mol. The second-order valence-corrected chi connectivity index (χ2v) is 5.37. The highest BCUT2D eigenvalue weighted by atomic mass is 16.7. The van der Waals surface area contributed by atoms with E-state index < -0.39 is 0 Å². The molecule has 0 atom stereocenters. The smallest absolute Gasteiger partial charge is 0.147 e. The van der Waals surface area contributed by atoms with Crippen molar-refractivity contribution in [1.82, 2.24) is 0 Å². The lowest BCUT2D eigenvalue weighted by atomic mass is 9.90. The topological polar surface area (TPSA) is 47.9 Å². The van der Waals surface area contributed by atoms with Crippen molar-refractivity contribution >= 4 is 0 Å². The quantitative estimate of drug-likeness (QED) is 0.571. The van der Waals surface area contributed by atoms with Crippen LogP contribution in [-0.2, 0) is 14.2 Å². The van der Waals surface area contributed by atoms with Crippen molar-refractivity contribution in [2.45, 2.75) is 44.8 Å². The first-order chi connectivity index (χ1) is 7.68. The van der Waals surface area contributed by atoms with E-state index in [1.54, 1.807) is 0 Å². The molecule has 0 aromatic rings. The molecule has 2 fully saturated rings. The molecule has 4 heteroatoms. The largest absolute Gasteiger partial charge is 0.393 e. The van der Waals surface area contributed by atoms with Gasteiger partial charge in [-0.25, -0.2) is 0 Å². The van der Waals surface area contributed by atoms with Crippen LogP contribution < -0.4 is 0 Å². The van der Waals surface area contributed by atoms with Gasteiger partial charge in [-0.2, -0.15) is 0 Å². The van der Waals surface area contributed by atoms with Gasteiger partial charge >= 0.3 is 0 Å². The summed E-state index contributed by atoms with van der Waals surface area (Å²) in [7, 11) is 0. The molecule has 0 aromatic heterocycles. The highest BCUT2D eigenvalue weighted by molar-refractivity contribution is 4.79. The molecule has 1 heterocycles. The first-order valence-corrected chi connectivity index (χ1v) is 6.13. The van der Waals surface area contributed by atoms with E-state index in [9.17, 15) is 5.11 Å². The molecule has 0 radical (unpaired) electrons. The van der Waals surface area contributed by atoms with Gasteiger partial charge in [-0.1, -0.05) is 6.92 Å². The van der Waals surface area contributed by atoms with Crippen LogP contribution in [0.25, 0.3) is 0 Å². The Bertz CT molecular complexity index is 207. The maximum atomic E-state index is 9.34. The Hall–Kier alpha value is -0.160. The van der Waals surface area contributed by atoms with E-state index in [4.69, 9.17) is 14.2 Å². The average Bonchev–Trinajstić information content (AvgIpc) is 2.24. The second kappa shape index (κ2) is 5.45. The molecular weight excluding hydrogens is 208 g/mol. The Morgan fingerprint density at radius 3 is 2.50 bits per heavy atom. The van der Waals surface area contributed by atoms with E-state index in [0.29, 0.717) is 13.4 Å². The predicted octanol–water partition coefficient (Wildman–Crippen LogP) is 1.32. The Morgan fingerprint density at radius 2 is 1.94 bits per heavy atom. The highest BCUT2D eigenvalue weighted by Gasteiger charge is 2.33. The van der Waals surface area contributed by atoms with Crippen LogP contribution in [0.5, 0.6) is 0 Å². The summed E-state index contributed by atoms with van der Waals surface area (Å²) < 4.78 is 16.3. The third-order valence-corrected chi connectivity index (χ3v) is 3.38. The van der Waals surface area contributed by atoms with Crippen molar-refractivity contribution in [3.63, 3.8) is 0 Å². The zero-order chi connectivity index (χ0) is 11.4. The van der Waals surface area contributed by atoms with Gasteiger partial charge in [0, 0.05) is 5.41 Å². The van der Waals surface area contributed by atoms with E-state index in [-0.39, 0.29) is 17.6 Å². The van der Waals surface area contributed by atoms with Crippen molar-refractivity contribution in [3.05, 3.63) is 0 Å². The van der Waals surface area contributed by atoms with Gasteiger partial charge in [0.05, 0.1) is 32.0 Å². The summed E-state index contributed by atoms with van der Waals surface area (Å²) in [6, 6.07) is 0. The fourth-order valence-electron chi connectivity index (χ4n) is 2.18. The lowest BCUT2D eigenvalue weighted by Crippen LogP contribution is -2.43. The molecule has 1 saturated heterocycles. The summed E-state index contributed by atoms with van der Waals surface area (Å²) in [5.41, 5.74) is 0.201. The van der Waals surface area contributed by atoms with Crippen molar-refractivity contribution in [2.75, 3.05) is 26.6 Å². The third kappa shape index (κ3) is 3.42. The van der Waals surface area contributed by atoms with E-state index >= 15 is 0 Å². The van der Waals surface area contributed by atoms with Gasteiger partial charge in [0.25, 0.3) is 0 Å². The molecule has 0 amide bonds. The van der Waals surface area contributed by atoms with Crippen LogP contribution in [0.2, 0.25) is 0 Å². The van der Waals surface area contributed by atoms with Gasteiger partial charge in [-0.05, 0) is 25.7 Å². The molecule has 2 rings (SSSR count). The molecule has 1 saturated carbocycles. The number of hydrogen-bond acceptors (Lipinski definition) is 4. The fourth-order valence-corrected chi connectivity index (χ4v) is 2.18. The van der Waals surface area contributed by atoms with Crippen molar-refractivity contribution in [1.29, 1.82) is 0 Å². The Labute approximate surface area is 96.9 Å². The SMILES string of the molecule is CC1(COCOC2CCC(O)CC2)COC1. The number of rotatable bonds is 5. The van der Waals surface area contributed by atoms with Crippen molar-refractivity contribution in [3.8, 4) is 0 Å². The van der Waals surface area contributed by atoms with Gasteiger partial charge in [0.1, 0.15) is 6.79 Å². The lowest BCUT2D eigenvalue weighted by Gasteiger charge is -2.37. The zero-order valence-corrected chi connectivity index (χ0v) is 9.98. The van der Waals surface area contributed by atoms with E-state index in [1.165, 1.54) is 0 Å². The van der Waals surface area contributed by atoms with Gasteiger partial charge in [0.15, 0.2) is 0 Å². The molecule has 1 aliphatic carbocycles. The summed E-state index contributed by atoms with van der Waals surface area (Å²) in [6.07, 6.45) is 3.77. The van der Waals surface area contributed by atoms with E-state index in [2.05, 4.69) is 6.92 Å². The van der Waals surface area contributed by atoms with Crippen LogP contribution >= 0.6 is 0 Å². The number of aliphatic hydroxyl groups is 1. The first kappa shape index (κ1) is 12.3. The molecule has 4 nitrogen and oxygen atoms in total. The highest BCUT2D eigenvalue weighted by Crippen LogP contribution is 2.26. The van der Waals surface area contributed by atoms with Crippen LogP contribution in [0.3, 0.4) is 0 Å². The predicted molar refractivity (Wildman–Crippen MR) is 59.1 cm³/mol. The van der Waals surface area contributed by atoms with Crippen LogP contribution in [0.15, 0.2) is 0 Å². The molecule has 0 spiro atoms. The molecule has 16 heavy (non-hydrogen) atoms. The van der Waals surface area contributed by atoms with E-state index in [1.807, 2.05) is 0 Å². The molecule has 1 aliphatic heterocycles. The van der Waals surface area contributed by atoms with Gasteiger partial charge in [-0.3, -0.25) is 0 Å². The fraction of sp³-hybridized carbons (Fsp3) is 1.00. The maximum absolute atomic E-state index is 9.34. The second-order valence-electron chi connectivity index (χ2n) is 5.37. The standard InChI is InChI=1S/C12H22O4/c1-12(6-14-7-12)8-15-9-16-11-4-2-10(13)3-5-11/h10-11,13H,2-9H2,1H3. The summed E-state index contributed by atoms with van der Waals surface area (Å²) in [5, 5.41) is 9.34. The van der Waals surface area contributed by atoms with Crippen LogP contribution in [0, 0.1) is 5.41 Å². The molecule has 0 aromatic carbocycles. The Morgan fingerprint density at radius 1 is 1.25 bits per heavy atom. The molecule has 0 bridgehead atoms. The minimum absolute atomic E-state index is 0.119. The van der Waals surface area contributed by atoms with Crippen LogP contribution in [0.1, 0.15) is 32.6 Å². The zero-order valence-electron chi connectivity index (χ0n) is 9.98. The maximum Gasteiger partial charge on any atom is 0.147 e. The third-order valence-electron chi connectivity index (χ3n) is 3.38. The number of ether oxygens (including phenoxy) is 3. The molecule has 2 aliphatic rings. The first-order valence-electron chi connectivity index (χ1n) is 6.13. The monoisotopic (exact) mass is 230 g/mol. The normalized spacial score (nSPS) is 33.4. The Balaban J connectivity index is 1.51. The minimum Gasteiger partial charge on any atom is -0.393 e. The Kier molecular flexibility index (Phi) is 4.19.